The summed E-state index contributed by atoms with van der Waals surface area (Å²) in [7, 11) is 3.65. The maximum absolute atomic E-state index is 13.1. The molecule has 3 rings (SSSR count). The van der Waals surface area contributed by atoms with E-state index in [0.717, 1.165) is 5.56 Å². The fourth-order valence-electron chi connectivity index (χ4n) is 3.40. The van der Waals surface area contributed by atoms with Crippen LogP contribution in [0.2, 0.25) is 0 Å². The van der Waals surface area contributed by atoms with Gasteiger partial charge in [-0.25, -0.2) is 0 Å². The number of amides is 2. The number of piperidine rings is 1. The van der Waals surface area contributed by atoms with Crippen LogP contribution in [0.3, 0.4) is 0 Å². The van der Waals surface area contributed by atoms with E-state index >= 15 is 0 Å². The fraction of sp³-hybridized carbons (Fsp3) is 0.368. The van der Waals surface area contributed by atoms with Gasteiger partial charge in [0.05, 0.1) is 18.5 Å². The lowest BCUT2D eigenvalue weighted by Gasteiger charge is -2.40. The van der Waals surface area contributed by atoms with E-state index in [1.807, 2.05) is 54.9 Å². The van der Waals surface area contributed by atoms with Gasteiger partial charge in [-0.1, -0.05) is 36.4 Å². The molecular weight excluding hydrogens is 320 g/mol. The molecule has 2 aromatic rings. The Bertz CT molecular complexity index is 699. The Balaban J connectivity index is 1.83. The number of carbonyl (C=O) groups excluding carboxylic acids is 2. The smallest absolute Gasteiger partial charge is 0.228 e. The predicted molar refractivity (Wildman–Crippen MR) is 95.5 cm³/mol. The lowest BCUT2D eigenvalue weighted by molar-refractivity contribution is -0.146. The third kappa shape index (κ3) is 3.36. The van der Waals surface area contributed by atoms with Gasteiger partial charge in [0.1, 0.15) is 0 Å². The number of rotatable bonds is 4. The van der Waals surface area contributed by atoms with E-state index in [4.69, 9.17) is 0 Å². The summed E-state index contributed by atoms with van der Waals surface area (Å²) in [5.41, 5.74) is 1.02. The lowest BCUT2D eigenvalue weighted by Crippen LogP contribution is -2.46. The Morgan fingerprint density at radius 1 is 1.25 bits per heavy atom. The van der Waals surface area contributed by atoms with Gasteiger partial charge in [0, 0.05) is 25.4 Å². The third-order valence-electron chi connectivity index (χ3n) is 4.67. The van der Waals surface area contributed by atoms with Crippen molar-refractivity contribution in [3.8, 4) is 0 Å². The van der Waals surface area contributed by atoms with E-state index in [9.17, 15) is 9.59 Å². The average molecular weight is 342 g/mol. The first-order chi connectivity index (χ1) is 11.6. The molecule has 2 atom stereocenters. The maximum atomic E-state index is 13.1. The second kappa shape index (κ2) is 7.18. The Kier molecular flexibility index (Phi) is 5.00. The van der Waals surface area contributed by atoms with E-state index in [1.54, 1.807) is 28.2 Å². The van der Waals surface area contributed by atoms with Crippen LogP contribution in [0.5, 0.6) is 0 Å². The number of likely N-dealkylation sites (tertiary alicyclic amines) is 1. The van der Waals surface area contributed by atoms with Crippen molar-refractivity contribution >= 4 is 23.2 Å². The molecule has 1 saturated heterocycles. The SMILES string of the molecule is CN(Cc1cccs1)C(=O)C1CCC(=O)N(C)C1c1ccccc1. The van der Waals surface area contributed by atoms with E-state index in [2.05, 4.69) is 0 Å². The summed E-state index contributed by atoms with van der Waals surface area (Å²) in [5.74, 6) is 0.0190. The molecule has 0 aliphatic carbocycles. The van der Waals surface area contributed by atoms with Crippen molar-refractivity contribution in [3.05, 3.63) is 58.3 Å². The highest BCUT2D eigenvalue weighted by Gasteiger charge is 2.39. The third-order valence-corrected chi connectivity index (χ3v) is 5.53. The molecule has 0 radical (unpaired) electrons. The van der Waals surface area contributed by atoms with E-state index in [1.165, 1.54) is 4.88 Å². The molecule has 1 fully saturated rings. The van der Waals surface area contributed by atoms with Gasteiger partial charge in [0.2, 0.25) is 11.8 Å². The minimum atomic E-state index is -0.194. The number of benzene rings is 1. The van der Waals surface area contributed by atoms with E-state index in [-0.39, 0.29) is 23.8 Å². The van der Waals surface area contributed by atoms with Crippen molar-refractivity contribution in [3.63, 3.8) is 0 Å². The van der Waals surface area contributed by atoms with Gasteiger partial charge in [0.25, 0.3) is 0 Å². The molecule has 4 nitrogen and oxygen atoms in total. The molecule has 5 heteroatoms. The van der Waals surface area contributed by atoms with Crippen molar-refractivity contribution < 1.29 is 9.59 Å². The topological polar surface area (TPSA) is 40.6 Å². The zero-order valence-electron chi connectivity index (χ0n) is 14.0. The van der Waals surface area contributed by atoms with Crippen LogP contribution in [0, 0.1) is 5.92 Å². The van der Waals surface area contributed by atoms with Crippen molar-refractivity contribution in [2.75, 3.05) is 14.1 Å². The monoisotopic (exact) mass is 342 g/mol. The summed E-state index contributed by atoms with van der Waals surface area (Å²) < 4.78 is 0. The molecular formula is C19H22N2O2S. The normalized spacial score (nSPS) is 20.9. The molecule has 1 aliphatic heterocycles. The summed E-state index contributed by atoms with van der Waals surface area (Å²) in [6.45, 7) is 0.617. The second-order valence-electron chi connectivity index (χ2n) is 6.28. The van der Waals surface area contributed by atoms with Crippen LogP contribution in [0.1, 0.15) is 29.3 Å². The Labute approximate surface area is 146 Å². The summed E-state index contributed by atoms with van der Waals surface area (Å²) in [6.07, 6.45) is 1.04. The number of hydrogen-bond acceptors (Lipinski definition) is 3. The highest BCUT2D eigenvalue weighted by atomic mass is 32.1. The highest BCUT2D eigenvalue weighted by molar-refractivity contribution is 7.09. The van der Waals surface area contributed by atoms with Crippen LogP contribution in [-0.4, -0.2) is 35.7 Å². The van der Waals surface area contributed by atoms with Crippen LogP contribution in [0.25, 0.3) is 0 Å². The predicted octanol–water partition coefficient (Wildman–Crippen LogP) is 3.32. The quantitative estimate of drug-likeness (QED) is 0.855. The molecule has 0 N–H and O–H groups in total. The zero-order chi connectivity index (χ0) is 17.1. The first-order valence-corrected chi connectivity index (χ1v) is 9.04. The van der Waals surface area contributed by atoms with Crippen LogP contribution in [-0.2, 0) is 16.1 Å². The first-order valence-electron chi connectivity index (χ1n) is 8.16. The molecule has 24 heavy (non-hydrogen) atoms. The summed E-state index contributed by atoms with van der Waals surface area (Å²) in [6, 6.07) is 13.7. The van der Waals surface area contributed by atoms with Crippen LogP contribution in [0.4, 0.5) is 0 Å². The number of nitrogens with zero attached hydrogens (tertiary/aromatic N) is 2. The molecule has 0 bridgehead atoms. The molecule has 126 valence electrons. The van der Waals surface area contributed by atoms with Crippen molar-refractivity contribution in [1.82, 2.24) is 9.80 Å². The molecule has 1 aromatic carbocycles. The van der Waals surface area contributed by atoms with Gasteiger partial charge in [0.15, 0.2) is 0 Å². The van der Waals surface area contributed by atoms with Gasteiger partial charge in [-0.3, -0.25) is 9.59 Å². The summed E-state index contributed by atoms with van der Waals surface area (Å²) in [4.78, 5) is 29.9. The van der Waals surface area contributed by atoms with Gasteiger partial charge < -0.3 is 9.80 Å². The van der Waals surface area contributed by atoms with Gasteiger partial charge in [-0.15, -0.1) is 11.3 Å². The number of thiophene rings is 1. The van der Waals surface area contributed by atoms with Crippen LogP contribution < -0.4 is 0 Å². The highest BCUT2D eigenvalue weighted by Crippen LogP contribution is 2.36. The minimum Gasteiger partial charge on any atom is -0.340 e. The molecule has 2 unspecified atom stereocenters. The second-order valence-corrected chi connectivity index (χ2v) is 7.31. The molecule has 1 aliphatic rings. The Morgan fingerprint density at radius 2 is 2.00 bits per heavy atom. The fourth-order valence-corrected chi connectivity index (χ4v) is 4.16. The standard InChI is InChI=1S/C19H22N2O2S/c1-20(13-15-9-6-12-24-15)19(23)16-10-11-17(22)21(2)18(16)14-7-4-3-5-8-14/h3-9,12,16,18H,10-11,13H2,1-2H3. The van der Waals surface area contributed by atoms with Crippen molar-refractivity contribution in [1.29, 1.82) is 0 Å². The van der Waals surface area contributed by atoms with Crippen molar-refractivity contribution in [2.45, 2.75) is 25.4 Å². The molecule has 2 heterocycles. The number of hydrogen-bond donors (Lipinski definition) is 0. The van der Waals surface area contributed by atoms with Gasteiger partial charge >= 0.3 is 0 Å². The molecule has 1 aromatic heterocycles. The molecule has 0 spiro atoms. The van der Waals surface area contributed by atoms with Gasteiger partial charge in [-0.2, -0.15) is 0 Å². The largest absolute Gasteiger partial charge is 0.340 e. The first kappa shape index (κ1) is 16.7. The van der Waals surface area contributed by atoms with E-state index in [0.29, 0.717) is 19.4 Å². The van der Waals surface area contributed by atoms with Gasteiger partial charge in [-0.05, 0) is 23.4 Å². The van der Waals surface area contributed by atoms with E-state index < -0.39 is 0 Å². The lowest BCUT2D eigenvalue weighted by atomic mass is 9.83. The minimum absolute atomic E-state index is 0.105. The summed E-state index contributed by atoms with van der Waals surface area (Å²) >= 11 is 1.66. The molecule has 2 amide bonds. The maximum Gasteiger partial charge on any atom is 0.228 e. The Hall–Kier alpha value is -2.14. The van der Waals surface area contributed by atoms with Crippen molar-refractivity contribution in [2.24, 2.45) is 5.92 Å². The van der Waals surface area contributed by atoms with Crippen LogP contribution >= 0.6 is 11.3 Å². The number of carbonyl (C=O) groups is 2. The average Bonchev–Trinajstić information content (AvgIpc) is 3.10. The Morgan fingerprint density at radius 3 is 2.67 bits per heavy atom. The zero-order valence-corrected chi connectivity index (χ0v) is 14.8. The molecule has 0 saturated carbocycles. The van der Waals surface area contributed by atoms with Crippen LogP contribution in [0.15, 0.2) is 47.8 Å². The summed E-state index contributed by atoms with van der Waals surface area (Å²) in [5, 5.41) is 2.02.